The third-order valence-electron chi connectivity index (χ3n) is 4.88. The van der Waals surface area contributed by atoms with Crippen LogP contribution in [0.15, 0.2) is 78.9 Å². The molecular weight excluding hydrogens is 364 g/mol. The molecule has 0 saturated heterocycles. The van der Waals surface area contributed by atoms with Gasteiger partial charge in [-0.3, -0.25) is 4.79 Å². The minimum absolute atomic E-state index is 0.0513. The van der Waals surface area contributed by atoms with Gasteiger partial charge in [-0.1, -0.05) is 60.7 Å². The molecule has 0 aliphatic carbocycles. The van der Waals surface area contributed by atoms with Crippen LogP contribution in [-0.2, 0) is 4.79 Å². The Morgan fingerprint density at radius 3 is 2.00 bits per heavy atom. The monoisotopic (exact) mass is 391 g/mol. The van der Waals surface area contributed by atoms with E-state index in [2.05, 4.69) is 29.6 Å². The van der Waals surface area contributed by atoms with E-state index in [1.807, 2.05) is 43.4 Å². The number of benzene rings is 3. The fourth-order valence-corrected chi connectivity index (χ4v) is 3.51. The van der Waals surface area contributed by atoms with E-state index in [0.717, 1.165) is 4.90 Å². The van der Waals surface area contributed by atoms with Crippen molar-refractivity contribution in [1.82, 2.24) is 0 Å². The number of hydrogen-bond donors (Lipinski definition) is 2. The van der Waals surface area contributed by atoms with Crippen molar-refractivity contribution in [2.45, 2.75) is 6.04 Å². The van der Waals surface area contributed by atoms with Gasteiger partial charge in [0, 0.05) is 17.2 Å². The van der Waals surface area contributed by atoms with Crippen LogP contribution in [0.25, 0.3) is 0 Å². The predicted molar refractivity (Wildman–Crippen MR) is 115 cm³/mol. The summed E-state index contributed by atoms with van der Waals surface area (Å²) in [6, 6.07) is 25.9. The average Bonchev–Trinajstić information content (AvgIpc) is 2.75. The van der Waals surface area contributed by atoms with Crippen molar-refractivity contribution in [3.8, 4) is 11.5 Å². The zero-order valence-electron chi connectivity index (χ0n) is 17.0. The Hall–Kier alpha value is -3.31. The molecule has 2 N–H and O–H groups in total. The molecule has 0 heterocycles. The highest BCUT2D eigenvalue weighted by Gasteiger charge is 2.25. The van der Waals surface area contributed by atoms with E-state index >= 15 is 0 Å². The predicted octanol–water partition coefficient (Wildman–Crippen LogP) is 2.95. The molecule has 29 heavy (non-hydrogen) atoms. The van der Waals surface area contributed by atoms with Gasteiger partial charge in [0.25, 0.3) is 5.91 Å². The number of hydrogen-bond acceptors (Lipinski definition) is 3. The topological polar surface area (TPSA) is 52.0 Å². The van der Waals surface area contributed by atoms with Gasteiger partial charge < -0.3 is 19.7 Å². The van der Waals surface area contributed by atoms with E-state index in [1.54, 1.807) is 32.4 Å². The van der Waals surface area contributed by atoms with Gasteiger partial charge >= 0.3 is 0 Å². The minimum Gasteiger partial charge on any atom is -0.497 e. The number of carbonyl (C=O) groups excluding carboxylic acids is 1. The van der Waals surface area contributed by atoms with Crippen LogP contribution < -0.4 is 19.7 Å². The van der Waals surface area contributed by atoms with Crippen LogP contribution in [0.2, 0.25) is 0 Å². The van der Waals surface area contributed by atoms with Crippen molar-refractivity contribution in [1.29, 1.82) is 0 Å². The Morgan fingerprint density at radius 2 is 1.48 bits per heavy atom. The van der Waals surface area contributed by atoms with Crippen molar-refractivity contribution in [2.75, 3.05) is 33.1 Å². The fraction of sp³-hybridized carbons (Fsp3) is 0.208. The molecular formula is C24H27N2O3+. The van der Waals surface area contributed by atoms with Gasteiger partial charge in [0.1, 0.15) is 17.5 Å². The molecule has 0 aromatic heterocycles. The summed E-state index contributed by atoms with van der Waals surface area (Å²) in [7, 11) is 5.21. The summed E-state index contributed by atoms with van der Waals surface area (Å²) >= 11 is 0. The Balaban J connectivity index is 1.80. The number of methoxy groups -OCH3 is 2. The lowest BCUT2D eigenvalue weighted by Gasteiger charge is -2.25. The van der Waals surface area contributed by atoms with Crippen molar-refractivity contribution in [3.63, 3.8) is 0 Å². The summed E-state index contributed by atoms with van der Waals surface area (Å²) in [6.45, 7) is 0.300. The summed E-state index contributed by atoms with van der Waals surface area (Å²) in [5, 5.41) is 2.96. The molecule has 3 rings (SSSR count). The average molecular weight is 391 g/mol. The molecule has 0 aliphatic heterocycles. The van der Waals surface area contributed by atoms with Gasteiger partial charge in [-0.25, -0.2) is 0 Å². The van der Waals surface area contributed by atoms with Gasteiger partial charge in [0.2, 0.25) is 0 Å². The third-order valence-corrected chi connectivity index (χ3v) is 4.88. The van der Waals surface area contributed by atoms with Crippen LogP contribution >= 0.6 is 0 Å². The highest BCUT2D eigenvalue weighted by molar-refractivity contribution is 5.93. The maximum Gasteiger partial charge on any atom is 0.279 e. The summed E-state index contributed by atoms with van der Waals surface area (Å²) in [6.07, 6.45) is 0. The molecule has 5 heteroatoms. The molecule has 150 valence electrons. The lowest BCUT2D eigenvalue weighted by molar-refractivity contribution is -0.897. The molecule has 3 aromatic rings. The number of anilines is 1. The Morgan fingerprint density at radius 1 is 0.897 bits per heavy atom. The minimum atomic E-state index is -0.0917. The van der Waals surface area contributed by atoms with Crippen LogP contribution in [0, 0.1) is 0 Å². The summed E-state index contributed by atoms with van der Waals surface area (Å²) in [5.41, 5.74) is 2.94. The summed E-state index contributed by atoms with van der Waals surface area (Å²) < 4.78 is 10.6. The molecule has 1 amide bonds. The highest BCUT2D eigenvalue weighted by atomic mass is 16.5. The van der Waals surface area contributed by atoms with Gasteiger partial charge in [-0.15, -0.1) is 0 Å². The summed E-state index contributed by atoms with van der Waals surface area (Å²) in [5.74, 6) is 1.17. The van der Waals surface area contributed by atoms with E-state index in [1.165, 1.54) is 11.1 Å². The first-order valence-electron chi connectivity index (χ1n) is 9.56. The number of likely N-dealkylation sites (N-methyl/N-ethyl adjacent to an activating group) is 1. The number of ether oxygens (including phenoxy) is 2. The highest BCUT2D eigenvalue weighted by Crippen LogP contribution is 2.28. The SMILES string of the molecule is COc1ccc(OC)c(NC(=O)C[NH+](C)C(c2ccccc2)c2ccccc2)c1. The zero-order chi connectivity index (χ0) is 20.6. The lowest BCUT2D eigenvalue weighted by Crippen LogP contribution is -3.10. The molecule has 0 aliphatic rings. The largest absolute Gasteiger partial charge is 0.497 e. The molecule has 3 aromatic carbocycles. The van der Waals surface area contributed by atoms with Gasteiger partial charge in [-0.05, 0) is 12.1 Å². The number of nitrogens with one attached hydrogen (secondary N) is 2. The quantitative estimate of drug-likeness (QED) is 0.621. The first-order chi connectivity index (χ1) is 14.1. The maximum absolute atomic E-state index is 12.8. The summed E-state index contributed by atoms with van der Waals surface area (Å²) in [4.78, 5) is 13.9. The van der Waals surface area contributed by atoms with E-state index < -0.39 is 0 Å². The second-order valence-corrected chi connectivity index (χ2v) is 6.89. The lowest BCUT2D eigenvalue weighted by atomic mass is 9.97. The molecule has 1 atom stereocenters. The molecule has 1 unspecified atom stereocenters. The number of rotatable bonds is 8. The van der Waals surface area contributed by atoms with Gasteiger partial charge in [-0.2, -0.15) is 0 Å². The number of carbonyl (C=O) groups is 1. The second kappa shape index (κ2) is 9.75. The van der Waals surface area contributed by atoms with Crippen molar-refractivity contribution in [2.24, 2.45) is 0 Å². The fourth-order valence-electron chi connectivity index (χ4n) is 3.51. The maximum atomic E-state index is 12.8. The Labute approximate surface area is 171 Å². The van der Waals surface area contributed by atoms with E-state index in [9.17, 15) is 4.79 Å². The molecule has 0 spiro atoms. The van der Waals surface area contributed by atoms with E-state index in [0.29, 0.717) is 23.7 Å². The van der Waals surface area contributed by atoms with E-state index in [-0.39, 0.29) is 11.9 Å². The molecule has 0 bridgehead atoms. The van der Waals surface area contributed by atoms with Crippen molar-refractivity contribution < 1.29 is 19.2 Å². The number of amides is 1. The molecule has 0 fully saturated rings. The molecule has 5 nitrogen and oxygen atoms in total. The van der Waals surface area contributed by atoms with Crippen molar-refractivity contribution in [3.05, 3.63) is 90.0 Å². The number of quaternary nitrogens is 1. The smallest absolute Gasteiger partial charge is 0.279 e. The van der Waals surface area contributed by atoms with Crippen LogP contribution in [0.5, 0.6) is 11.5 Å². The van der Waals surface area contributed by atoms with Crippen LogP contribution in [0.3, 0.4) is 0 Å². The standard InChI is InChI=1S/C24H26N2O3/c1-26(17-23(27)25-21-16-20(28-2)14-15-22(21)29-3)24(18-10-6-4-7-11-18)19-12-8-5-9-13-19/h4-16,24H,17H2,1-3H3,(H,25,27)/p+1. The van der Waals surface area contributed by atoms with E-state index in [4.69, 9.17) is 9.47 Å². The Bertz CT molecular complexity index is 890. The first kappa shape index (κ1) is 20.4. The zero-order valence-corrected chi connectivity index (χ0v) is 17.0. The normalized spacial score (nSPS) is 11.7. The molecule has 0 radical (unpaired) electrons. The van der Waals surface area contributed by atoms with Crippen molar-refractivity contribution >= 4 is 11.6 Å². The van der Waals surface area contributed by atoms with Gasteiger partial charge in [0.15, 0.2) is 6.54 Å². The third kappa shape index (κ3) is 5.15. The second-order valence-electron chi connectivity index (χ2n) is 6.89. The van der Waals surface area contributed by atoms with Crippen LogP contribution in [0.1, 0.15) is 17.2 Å². The van der Waals surface area contributed by atoms with Crippen LogP contribution in [0.4, 0.5) is 5.69 Å². The van der Waals surface area contributed by atoms with Crippen LogP contribution in [-0.4, -0.2) is 33.7 Å². The molecule has 0 saturated carbocycles. The Kier molecular flexibility index (Phi) is 6.87. The first-order valence-corrected chi connectivity index (χ1v) is 9.56. The van der Waals surface area contributed by atoms with Gasteiger partial charge in [0.05, 0.1) is 27.0 Å².